The van der Waals surface area contributed by atoms with Crippen molar-refractivity contribution in [1.29, 1.82) is 0 Å². The molecule has 1 saturated heterocycles. The molecule has 0 radical (unpaired) electrons. The van der Waals surface area contributed by atoms with E-state index < -0.39 is 17.7 Å². The van der Waals surface area contributed by atoms with Gasteiger partial charge in [0.2, 0.25) is 0 Å². The monoisotopic (exact) mass is 270 g/mol. The maximum Gasteiger partial charge on any atom is 0.319 e. The molecule has 0 bridgehead atoms. The number of halogens is 2. The number of urea groups is 1. The van der Waals surface area contributed by atoms with Crippen LogP contribution in [0.4, 0.5) is 19.3 Å². The van der Waals surface area contributed by atoms with Gasteiger partial charge in [-0.15, -0.1) is 0 Å². The van der Waals surface area contributed by atoms with Crippen molar-refractivity contribution in [1.82, 2.24) is 5.32 Å². The number of hydrogen-bond acceptors (Lipinski definition) is 2. The zero-order chi connectivity index (χ0) is 13.7. The van der Waals surface area contributed by atoms with Crippen LogP contribution in [0.5, 0.6) is 0 Å². The van der Waals surface area contributed by atoms with Crippen molar-refractivity contribution in [2.75, 3.05) is 25.1 Å². The van der Waals surface area contributed by atoms with Crippen molar-refractivity contribution >= 4 is 11.7 Å². The lowest BCUT2D eigenvalue weighted by atomic mass is 10.0. The number of carbonyl (C=O) groups is 1. The Morgan fingerprint density at radius 1 is 1.21 bits per heavy atom. The second-order valence-corrected chi connectivity index (χ2v) is 4.55. The lowest BCUT2D eigenvalue weighted by Gasteiger charge is -2.22. The minimum Gasteiger partial charge on any atom is -0.381 e. The summed E-state index contributed by atoms with van der Waals surface area (Å²) in [6, 6.07) is 2.43. The molecule has 1 fully saturated rings. The van der Waals surface area contributed by atoms with Gasteiger partial charge in [0.15, 0.2) is 0 Å². The van der Waals surface area contributed by atoms with Crippen molar-refractivity contribution in [3.8, 4) is 0 Å². The van der Waals surface area contributed by atoms with Crippen LogP contribution in [0.2, 0.25) is 0 Å². The largest absolute Gasteiger partial charge is 0.381 e. The van der Waals surface area contributed by atoms with Gasteiger partial charge >= 0.3 is 6.03 Å². The van der Waals surface area contributed by atoms with E-state index in [2.05, 4.69) is 10.6 Å². The number of amides is 2. The molecular weight excluding hydrogens is 254 g/mol. The first-order valence-corrected chi connectivity index (χ1v) is 6.22. The van der Waals surface area contributed by atoms with Crippen LogP contribution in [0.25, 0.3) is 0 Å². The molecule has 104 valence electrons. The standard InChI is InChI=1S/C13H16F2N2O2/c14-10-5-11(15)7-12(6-10)17-13(18)16-8-9-1-3-19-4-2-9/h5-7,9H,1-4,8H2,(H2,16,17,18). The summed E-state index contributed by atoms with van der Waals surface area (Å²) >= 11 is 0. The Kier molecular flexibility index (Phi) is 4.68. The number of anilines is 1. The molecule has 0 atom stereocenters. The van der Waals surface area contributed by atoms with Gasteiger partial charge in [0.25, 0.3) is 0 Å². The van der Waals surface area contributed by atoms with E-state index in [1.807, 2.05) is 0 Å². The highest BCUT2D eigenvalue weighted by molar-refractivity contribution is 5.89. The van der Waals surface area contributed by atoms with Crippen LogP contribution in [-0.2, 0) is 4.74 Å². The lowest BCUT2D eigenvalue weighted by molar-refractivity contribution is 0.0671. The fourth-order valence-electron chi connectivity index (χ4n) is 1.99. The zero-order valence-corrected chi connectivity index (χ0v) is 10.4. The molecule has 0 spiro atoms. The van der Waals surface area contributed by atoms with Crippen molar-refractivity contribution in [3.05, 3.63) is 29.8 Å². The number of nitrogens with one attached hydrogen (secondary N) is 2. The number of rotatable bonds is 3. The number of benzene rings is 1. The Labute approximate surface area is 110 Å². The highest BCUT2D eigenvalue weighted by Crippen LogP contribution is 2.14. The molecule has 6 heteroatoms. The first-order valence-electron chi connectivity index (χ1n) is 6.22. The van der Waals surface area contributed by atoms with Gasteiger partial charge in [-0.05, 0) is 30.9 Å². The first-order chi connectivity index (χ1) is 9.13. The van der Waals surface area contributed by atoms with Crippen LogP contribution in [0.3, 0.4) is 0 Å². The van der Waals surface area contributed by atoms with Crippen LogP contribution in [0, 0.1) is 17.6 Å². The third-order valence-corrected chi connectivity index (χ3v) is 3.01. The van der Waals surface area contributed by atoms with Crippen LogP contribution < -0.4 is 10.6 Å². The highest BCUT2D eigenvalue weighted by Gasteiger charge is 2.14. The average Bonchev–Trinajstić information content (AvgIpc) is 2.36. The molecule has 19 heavy (non-hydrogen) atoms. The molecule has 1 aliphatic heterocycles. The topological polar surface area (TPSA) is 50.4 Å². The zero-order valence-electron chi connectivity index (χ0n) is 10.4. The van der Waals surface area contributed by atoms with E-state index in [0.29, 0.717) is 25.7 Å². The SMILES string of the molecule is O=C(NCC1CCOCC1)Nc1cc(F)cc(F)c1. The summed E-state index contributed by atoms with van der Waals surface area (Å²) in [5.41, 5.74) is 0.0991. The Bertz CT molecular complexity index is 428. The van der Waals surface area contributed by atoms with Crippen molar-refractivity contribution < 1.29 is 18.3 Å². The van der Waals surface area contributed by atoms with Crippen LogP contribution >= 0.6 is 0 Å². The fourth-order valence-corrected chi connectivity index (χ4v) is 1.99. The smallest absolute Gasteiger partial charge is 0.319 e. The maximum absolute atomic E-state index is 12.9. The van der Waals surface area contributed by atoms with Gasteiger partial charge in [0, 0.05) is 31.5 Å². The molecule has 2 rings (SSSR count). The summed E-state index contributed by atoms with van der Waals surface area (Å²) < 4.78 is 31.1. The third kappa shape index (κ3) is 4.48. The van der Waals surface area contributed by atoms with E-state index in [9.17, 15) is 13.6 Å². The van der Waals surface area contributed by atoms with E-state index in [1.165, 1.54) is 0 Å². The molecule has 4 nitrogen and oxygen atoms in total. The summed E-state index contributed by atoms with van der Waals surface area (Å²) in [7, 11) is 0. The summed E-state index contributed by atoms with van der Waals surface area (Å²) in [6.45, 7) is 1.96. The Morgan fingerprint density at radius 3 is 2.47 bits per heavy atom. The maximum atomic E-state index is 12.9. The molecule has 0 aromatic heterocycles. The quantitative estimate of drug-likeness (QED) is 0.886. The molecule has 1 aromatic rings. The van der Waals surface area contributed by atoms with Gasteiger partial charge in [-0.3, -0.25) is 0 Å². The van der Waals surface area contributed by atoms with Crippen molar-refractivity contribution in [3.63, 3.8) is 0 Å². The molecule has 0 aliphatic carbocycles. The normalized spacial score (nSPS) is 16.1. The van der Waals surface area contributed by atoms with Crippen LogP contribution in [-0.4, -0.2) is 25.8 Å². The van der Waals surface area contributed by atoms with Gasteiger partial charge < -0.3 is 15.4 Å². The van der Waals surface area contributed by atoms with E-state index in [-0.39, 0.29) is 5.69 Å². The summed E-state index contributed by atoms with van der Waals surface area (Å²) in [5.74, 6) is -1.05. The molecule has 1 aliphatic rings. The predicted molar refractivity (Wildman–Crippen MR) is 66.9 cm³/mol. The number of carbonyl (C=O) groups excluding carboxylic acids is 1. The minimum absolute atomic E-state index is 0.0991. The molecule has 0 unspecified atom stereocenters. The van der Waals surface area contributed by atoms with E-state index in [1.54, 1.807) is 0 Å². The summed E-state index contributed by atoms with van der Waals surface area (Å²) in [6.07, 6.45) is 1.82. The second kappa shape index (κ2) is 6.47. The van der Waals surface area contributed by atoms with Gasteiger partial charge in [0.1, 0.15) is 11.6 Å². The minimum atomic E-state index is -0.722. The van der Waals surface area contributed by atoms with Crippen LogP contribution in [0.15, 0.2) is 18.2 Å². The molecule has 2 N–H and O–H groups in total. The summed E-state index contributed by atoms with van der Waals surface area (Å²) in [4.78, 5) is 11.6. The van der Waals surface area contributed by atoms with Crippen molar-refractivity contribution in [2.24, 2.45) is 5.92 Å². The Morgan fingerprint density at radius 2 is 1.84 bits per heavy atom. The first kappa shape index (κ1) is 13.7. The molecule has 0 saturated carbocycles. The number of ether oxygens (including phenoxy) is 1. The Balaban J connectivity index is 1.80. The van der Waals surface area contributed by atoms with Gasteiger partial charge in [-0.1, -0.05) is 0 Å². The van der Waals surface area contributed by atoms with Crippen LogP contribution in [0.1, 0.15) is 12.8 Å². The molecular formula is C13H16F2N2O2. The second-order valence-electron chi connectivity index (χ2n) is 4.55. The molecule has 2 amide bonds. The van der Waals surface area contributed by atoms with E-state index in [4.69, 9.17) is 4.74 Å². The number of hydrogen-bond donors (Lipinski definition) is 2. The lowest BCUT2D eigenvalue weighted by Crippen LogP contribution is -2.35. The molecule has 1 heterocycles. The highest BCUT2D eigenvalue weighted by atomic mass is 19.1. The Hall–Kier alpha value is -1.69. The fraction of sp³-hybridized carbons (Fsp3) is 0.462. The van der Waals surface area contributed by atoms with Gasteiger partial charge in [-0.25, -0.2) is 13.6 Å². The summed E-state index contributed by atoms with van der Waals surface area (Å²) in [5, 5.41) is 5.09. The third-order valence-electron chi connectivity index (χ3n) is 3.01. The predicted octanol–water partition coefficient (Wildman–Crippen LogP) is 2.51. The van der Waals surface area contributed by atoms with Crippen molar-refractivity contribution in [2.45, 2.75) is 12.8 Å². The average molecular weight is 270 g/mol. The van der Waals surface area contributed by atoms with Gasteiger partial charge in [0.05, 0.1) is 0 Å². The van der Waals surface area contributed by atoms with Gasteiger partial charge in [-0.2, -0.15) is 0 Å². The van der Waals surface area contributed by atoms with E-state index in [0.717, 1.165) is 31.0 Å². The van der Waals surface area contributed by atoms with E-state index >= 15 is 0 Å². The molecule has 1 aromatic carbocycles.